The highest BCUT2D eigenvalue weighted by Gasteiger charge is 2.38. The van der Waals surface area contributed by atoms with E-state index in [1.165, 1.54) is 12.8 Å². The first-order chi connectivity index (χ1) is 11.4. The third kappa shape index (κ3) is 4.62. The Kier molecular flexibility index (Phi) is 6.90. The molecule has 0 spiro atoms. The van der Waals surface area contributed by atoms with Crippen molar-refractivity contribution in [1.29, 1.82) is 0 Å². The highest BCUT2D eigenvalue weighted by Crippen LogP contribution is 2.31. The van der Waals surface area contributed by atoms with Crippen molar-refractivity contribution in [3.8, 4) is 0 Å². The van der Waals surface area contributed by atoms with Gasteiger partial charge in [-0.2, -0.15) is 0 Å². The number of likely N-dealkylation sites (N-methyl/N-ethyl adjacent to an activating group) is 1. The maximum Gasteiger partial charge on any atom is 0.317 e. The smallest absolute Gasteiger partial charge is 0.317 e. The summed E-state index contributed by atoms with van der Waals surface area (Å²) in [4.78, 5) is 31.1. The predicted octanol–water partition coefficient (Wildman–Crippen LogP) is 1.76. The van der Waals surface area contributed by atoms with Crippen molar-refractivity contribution >= 4 is 11.9 Å². The number of urea groups is 1. The van der Waals surface area contributed by atoms with Gasteiger partial charge in [-0.15, -0.1) is 0 Å². The Balaban J connectivity index is 1.99. The molecule has 6 heteroatoms. The Morgan fingerprint density at radius 1 is 1.12 bits per heavy atom. The van der Waals surface area contributed by atoms with Gasteiger partial charge < -0.3 is 15.1 Å². The molecule has 6 nitrogen and oxygen atoms in total. The summed E-state index contributed by atoms with van der Waals surface area (Å²) in [6.45, 7) is 9.70. The summed E-state index contributed by atoms with van der Waals surface area (Å²) in [5, 5.41) is 2.96. The maximum absolute atomic E-state index is 12.9. The Bertz CT molecular complexity index is 427. The average Bonchev–Trinajstić information content (AvgIpc) is 3.08. The summed E-state index contributed by atoms with van der Waals surface area (Å²) in [5.74, 6) is 0.729. The van der Waals surface area contributed by atoms with Crippen LogP contribution in [0.25, 0.3) is 0 Å². The highest BCUT2D eigenvalue weighted by atomic mass is 16.2. The molecule has 0 aromatic rings. The van der Waals surface area contributed by atoms with E-state index in [4.69, 9.17) is 0 Å². The van der Waals surface area contributed by atoms with Crippen LogP contribution in [0, 0.1) is 5.92 Å². The molecule has 3 amide bonds. The van der Waals surface area contributed by atoms with Gasteiger partial charge in [0.2, 0.25) is 5.91 Å². The summed E-state index contributed by atoms with van der Waals surface area (Å²) in [6.07, 6.45) is 4.78. The second kappa shape index (κ2) is 8.70. The van der Waals surface area contributed by atoms with Crippen LogP contribution in [-0.4, -0.2) is 78.5 Å². The van der Waals surface area contributed by atoms with Crippen molar-refractivity contribution in [3.63, 3.8) is 0 Å². The molecule has 1 aliphatic carbocycles. The fourth-order valence-corrected chi connectivity index (χ4v) is 3.85. The van der Waals surface area contributed by atoms with Gasteiger partial charge in [0, 0.05) is 45.8 Å². The first-order valence-corrected chi connectivity index (χ1v) is 9.48. The Morgan fingerprint density at radius 2 is 1.71 bits per heavy atom. The molecule has 0 radical (unpaired) electrons. The van der Waals surface area contributed by atoms with Gasteiger partial charge in [-0.1, -0.05) is 12.8 Å². The maximum atomic E-state index is 12.9. The van der Waals surface area contributed by atoms with Crippen LogP contribution in [-0.2, 0) is 4.79 Å². The molecular weight excluding hydrogens is 304 g/mol. The van der Waals surface area contributed by atoms with E-state index in [1.54, 1.807) is 0 Å². The lowest BCUT2D eigenvalue weighted by Gasteiger charge is -2.42. The van der Waals surface area contributed by atoms with Crippen molar-refractivity contribution < 1.29 is 9.59 Å². The molecule has 0 aromatic heterocycles. The Morgan fingerprint density at radius 3 is 2.21 bits per heavy atom. The zero-order valence-electron chi connectivity index (χ0n) is 15.8. The van der Waals surface area contributed by atoms with E-state index in [0.717, 1.165) is 32.5 Å². The topological polar surface area (TPSA) is 55.9 Å². The standard InChI is InChI=1S/C18H34N4O2/c1-5-20(4)17(23)16(15-8-6-7-9-15)21-10-12-22(13-11-21)18(24)19-14(2)3/h14-16H,5-13H2,1-4H3,(H,19,24). The third-order valence-corrected chi connectivity index (χ3v) is 5.36. The molecule has 1 unspecified atom stereocenters. The van der Waals surface area contributed by atoms with Gasteiger partial charge in [0.15, 0.2) is 0 Å². The van der Waals surface area contributed by atoms with Gasteiger partial charge in [-0.3, -0.25) is 9.69 Å². The first-order valence-electron chi connectivity index (χ1n) is 9.48. The zero-order chi connectivity index (χ0) is 17.7. The number of hydrogen-bond donors (Lipinski definition) is 1. The number of amides is 3. The number of rotatable bonds is 5. The van der Waals surface area contributed by atoms with E-state index in [0.29, 0.717) is 19.0 Å². The molecule has 0 aromatic carbocycles. The molecule has 138 valence electrons. The lowest BCUT2D eigenvalue weighted by atomic mass is 9.94. The molecule has 1 heterocycles. The van der Waals surface area contributed by atoms with E-state index in [2.05, 4.69) is 10.2 Å². The van der Waals surface area contributed by atoms with Crippen LogP contribution < -0.4 is 5.32 Å². The lowest BCUT2D eigenvalue weighted by Crippen LogP contribution is -2.59. The summed E-state index contributed by atoms with van der Waals surface area (Å²) >= 11 is 0. The minimum absolute atomic E-state index is 0.00670. The van der Waals surface area contributed by atoms with Crippen LogP contribution in [0.4, 0.5) is 4.79 Å². The van der Waals surface area contributed by atoms with Crippen molar-refractivity contribution in [3.05, 3.63) is 0 Å². The fraction of sp³-hybridized carbons (Fsp3) is 0.889. The van der Waals surface area contributed by atoms with E-state index in [-0.39, 0.29) is 24.0 Å². The van der Waals surface area contributed by atoms with E-state index >= 15 is 0 Å². The second-order valence-corrected chi connectivity index (χ2v) is 7.47. The quantitative estimate of drug-likeness (QED) is 0.831. The van der Waals surface area contributed by atoms with Crippen molar-refractivity contribution in [2.45, 2.75) is 58.5 Å². The highest BCUT2D eigenvalue weighted by molar-refractivity contribution is 5.82. The van der Waals surface area contributed by atoms with Crippen LogP contribution in [0.15, 0.2) is 0 Å². The fourth-order valence-electron chi connectivity index (χ4n) is 3.85. The van der Waals surface area contributed by atoms with Gasteiger partial charge in [0.1, 0.15) is 0 Å². The molecule has 1 atom stereocenters. The van der Waals surface area contributed by atoms with Crippen LogP contribution in [0.3, 0.4) is 0 Å². The zero-order valence-corrected chi connectivity index (χ0v) is 15.8. The predicted molar refractivity (Wildman–Crippen MR) is 95.9 cm³/mol. The monoisotopic (exact) mass is 338 g/mol. The van der Waals surface area contributed by atoms with Crippen molar-refractivity contribution in [2.75, 3.05) is 39.8 Å². The number of carbonyl (C=O) groups is 2. The SMILES string of the molecule is CCN(C)C(=O)C(C1CCCC1)N1CCN(C(=O)NC(C)C)CC1. The van der Waals surface area contributed by atoms with Gasteiger partial charge in [0.05, 0.1) is 6.04 Å². The molecular formula is C18H34N4O2. The normalized spacial score (nSPS) is 21.1. The van der Waals surface area contributed by atoms with E-state index in [9.17, 15) is 9.59 Å². The van der Waals surface area contributed by atoms with E-state index in [1.807, 2.05) is 37.6 Å². The Hall–Kier alpha value is -1.30. The molecule has 1 saturated heterocycles. The van der Waals surface area contributed by atoms with Gasteiger partial charge in [-0.05, 0) is 39.5 Å². The largest absolute Gasteiger partial charge is 0.345 e. The molecule has 24 heavy (non-hydrogen) atoms. The third-order valence-electron chi connectivity index (χ3n) is 5.36. The summed E-state index contributed by atoms with van der Waals surface area (Å²) in [7, 11) is 1.90. The summed E-state index contributed by atoms with van der Waals surface area (Å²) in [6, 6.07) is 0.161. The molecule has 1 N–H and O–H groups in total. The number of nitrogens with one attached hydrogen (secondary N) is 1. The summed E-state index contributed by atoms with van der Waals surface area (Å²) < 4.78 is 0. The summed E-state index contributed by atoms with van der Waals surface area (Å²) in [5.41, 5.74) is 0. The van der Waals surface area contributed by atoms with Crippen LogP contribution >= 0.6 is 0 Å². The molecule has 1 saturated carbocycles. The minimum atomic E-state index is -0.00670. The van der Waals surface area contributed by atoms with E-state index < -0.39 is 0 Å². The molecule has 2 rings (SSSR count). The van der Waals surface area contributed by atoms with Crippen LogP contribution in [0.5, 0.6) is 0 Å². The number of piperazine rings is 1. The molecule has 1 aliphatic heterocycles. The molecule has 2 fully saturated rings. The average molecular weight is 338 g/mol. The number of hydrogen-bond acceptors (Lipinski definition) is 3. The van der Waals surface area contributed by atoms with Crippen molar-refractivity contribution in [2.24, 2.45) is 5.92 Å². The van der Waals surface area contributed by atoms with Gasteiger partial charge in [0.25, 0.3) is 0 Å². The molecule has 0 bridgehead atoms. The van der Waals surface area contributed by atoms with Gasteiger partial charge in [-0.25, -0.2) is 4.79 Å². The minimum Gasteiger partial charge on any atom is -0.345 e. The van der Waals surface area contributed by atoms with Crippen LogP contribution in [0.2, 0.25) is 0 Å². The molecule has 2 aliphatic rings. The number of carbonyl (C=O) groups excluding carboxylic acids is 2. The van der Waals surface area contributed by atoms with Crippen molar-refractivity contribution in [1.82, 2.24) is 20.0 Å². The lowest BCUT2D eigenvalue weighted by molar-refractivity contribution is -0.138. The van der Waals surface area contributed by atoms with Gasteiger partial charge >= 0.3 is 6.03 Å². The number of nitrogens with zero attached hydrogens (tertiary/aromatic N) is 3. The second-order valence-electron chi connectivity index (χ2n) is 7.47. The first kappa shape index (κ1) is 19.0. The van der Waals surface area contributed by atoms with Crippen LogP contribution in [0.1, 0.15) is 46.5 Å². The Labute approximate surface area is 146 Å².